The zero-order valence-corrected chi connectivity index (χ0v) is 16.9. The lowest BCUT2D eigenvalue weighted by Crippen LogP contribution is -2.54. The number of carboxylic acids is 2. The first-order valence-corrected chi connectivity index (χ1v) is 9.32. The molecule has 4 amide bonds. The SMILES string of the molecule is NC(=O)CCC(N)C(=O)NC(Cc1cnc[nH]1)C(=O)NCC(=O)NC(CC(=O)O)C(=O)O. The molecule has 0 spiro atoms. The molecule has 15 heteroatoms. The molecule has 176 valence electrons. The Morgan fingerprint density at radius 2 is 1.75 bits per heavy atom. The number of nitrogens with two attached hydrogens (primary N) is 2. The van der Waals surface area contributed by atoms with Crippen LogP contribution in [0.4, 0.5) is 0 Å². The molecule has 0 saturated carbocycles. The van der Waals surface area contributed by atoms with Crippen LogP contribution in [0.1, 0.15) is 25.0 Å². The monoisotopic (exact) mass is 455 g/mol. The maximum absolute atomic E-state index is 12.5. The molecule has 32 heavy (non-hydrogen) atoms. The standard InChI is InChI=1S/C17H25N7O8/c18-9(1-2-12(19)25)15(29)24-10(3-8-5-20-7-22-8)16(30)21-6-13(26)23-11(17(31)32)4-14(27)28/h5,7,9-11H,1-4,6,18H2,(H2,19,25)(H,20,22)(H,21,30)(H,23,26)(H,24,29)(H,27,28)(H,31,32). The van der Waals surface area contributed by atoms with E-state index in [0.717, 1.165) is 0 Å². The number of primary amides is 1. The van der Waals surface area contributed by atoms with Crippen LogP contribution in [-0.4, -0.2) is 80.4 Å². The minimum absolute atomic E-state index is 0.0396. The average molecular weight is 455 g/mol. The number of aromatic nitrogens is 2. The van der Waals surface area contributed by atoms with Gasteiger partial charge in [0.05, 0.1) is 25.3 Å². The number of nitrogens with zero attached hydrogens (tertiary/aromatic N) is 1. The summed E-state index contributed by atoms with van der Waals surface area (Å²) in [5.74, 6) is -6.11. The molecule has 0 aliphatic heterocycles. The number of hydrogen-bond acceptors (Lipinski definition) is 8. The maximum Gasteiger partial charge on any atom is 0.326 e. The summed E-state index contributed by atoms with van der Waals surface area (Å²) in [5, 5.41) is 24.2. The van der Waals surface area contributed by atoms with Crippen LogP contribution >= 0.6 is 0 Å². The first kappa shape index (κ1) is 26.0. The zero-order chi connectivity index (χ0) is 24.3. The molecule has 0 fully saturated rings. The van der Waals surface area contributed by atoms with Crippen LogP contribution in [0.3, 0.4) is 0 Å². The Bertz CT molecular complexity index is 842. The van der Waals surface area contributed by atoms with E-state index in [9.17, 15) is 28.8 Å². The summed E-state index contributed by atoms with van der Waals surface area (Å²) in [5.41, 5.74) is 11.2. The van der Waals surface area contributed by atoms with E-state index in [-0.39, 0.29) is 19.3 Å². The second-order valence-corrected chi connectivity index (χ2v) is 6.73. The van der Waals surface area contributed by atoms with Gasteiger partial charge in [-0.1, -0.05) is 0 Å². The van der Waals surface area contributed by atoms with Crippen LogP contribution in [0.15, 0.2) is 12.5 Å². The van der Waals surface area contributed by atoms with Crippen LogP contribution < -0.4 is 27.4 Å². The van der Waals surface area contributed by atoms with Crippen molar-refractivity contribution in [1.29, 1.82) is 0 Å². The molecule has 1 heterocycles. The highest BCUT2D eigenvalue weighted by molar-refractivity contribution is 5.93. The van der Waals surface area contributed by atoms with Crippen LogP contribution in [0.5, 0.6) is 0 Å². The zero-order valence-electron chi connectivity index (χ0n) is 16.9. The number of carbonyl (C=O) groups excluding carboxylic acids is 4. The second kappa shape index (κ2) is 12.6. The number of nitrogens with one attached hydrogen (secondary N) is 4. The minimum atomic E-state index is -1.68. The van der Waals surface area contributed by atoms with Gasteiger partial charge in [0.1, 0.15) is 12.1 Å². The third-order valence-corrected chi connectivity index (χ3v) is 4.09. The largest absolute Gasteiger partial charge is 0.481 e. The van der Waals surface area contributed by atoms with E-state index >= 15 is 0 Å². The Morgan fingerprint density at radius 3 is 2.28 bits per heavy atom. The predicted molar refractivity (Wildman–Crippen MR) is 105 cm³/mol. The fourth-order valence-corrected chi connectivity index (χ4v) is 2.44. The van der Waals surface area contributed by atoms with E-state index in [4.69, 9.17) is 21.7 Å². The molecule has 0 aliphatic carbocycles. The molecule has 10 N–H and O–H groups in total. The molecule has 15 nitrogen and oxygen atoms in total. The molecule has 1 rings (SSSR count). The summed E-state index contributed by atoms with van der Waals surface area (Å²) >= 11 is 0. The summed E-state index contributed by atoms with van der Waals surface area (Å²) in [6.45, 7) is -0.675. The Kier molecular flexibility index (Phi) is 10.3. The van der Waals surface area contributed by atoms with Crippen molar-refractivity contribution in [3.05, 3.63) is 18.2 Å². The molecule has 3 atom stereocenters. The lowest BCUT2D eigenvalue weighted by molar-refractivity contribution is -0.147. The maximum atomic E-state index is 12.5. The normalized spacial score (nSPS) is 13.3. The van der Waals surface area contributed by atoms with Crippen molar-refractivity contribution in [3.8, 4) is 0 Å². The van der Waals surface area contributed by atoms with Gasteiger partial charge in [-0.25, -0.2) is 9.78 Å². The smallest absolute Gasteiger partial charge is 0.326 e. The summed E-state index contributed by atoms with van der Waals surface area (Å²) < 4.78 is 0. The van der Waals surface area contributed by atoms with Gasteiger partial charge in [0.2, 0.25) is 23.6 Å². The van der Waals surface area contributed by atoms with E-state index in [0.29, 0.717) is 5.69 Å². The lowest BCUT2D eigenvalue weighted by atomic mass is 10.1. The molecule has 1 aromatic rings. The van der Waals surface area contributed by atoms with Crippen LogP contribution in [-0.2, 0) is 35.2 Å². The third kappa shape index (κ3) is 9.66. The topological polar surface area (TPSA) is 260 Å². The van der Waals surface area contributed by atoms with Gasteiger partial charge >= 0.3 is 11.9 Å². The Balaban J connectivity index is 2.73. The van der Waals surface area contributed by atoms with Gasteiger partial charge in [0.15, 0.2) is 0 Å². The number of aromatic amines is 1. The molecule has 0 aromatic carbocycles. The van der Waals surface area contributed by atoms with Gasteiger partial charge in [0.25, 0.3) is 0 Å². The highest BCUT2D eigenvalue weighted by Crippen LogP contribution is 2.01. The van der Waals surface area contributed by atoms with Gasteiger partial charge in [-0.05, 0) is 6.42 Å². The summed E-state index contributed by atoms with van der Waals surface area (Å²) in [6, 6.07) is -3.99. The van der Waals surface area contributed by atoms with Gasteiger partial charge in [0, 0.05) is 24.7 Å². The summed E-state index contributed by atoms with van der Waals surface area (Å²) in [6.07, 6.45) is 1.70. The average Bonchev–Trinajstić information content (AvgIpc) is 3.21. The van der Waals surface area contributed by atoms with E-state index in [1.165, 1.54) is 12.5 Å². The number of H-pyrrole nitrogens is 1. The van der Waals surface area contributed by atoms with Crippen molar-refractivity contribution in [1.82, 2.24) is 25.9 Å². The third-order valence-electron chi connectivity index (χ3n) is 4.09. The van der Waals surface area contributed by atoms with Crippen LogP contribution in [0.2, 0.25) is 0 Å². The van der Waals surface area contributed by atoms with Gasteiger partial charge in [-0.2, -0.15) is 0 Å². The van der Waals surface area contributed by atoms with Crippen LogP contribution in [0, 0.1) is 0 Å². The number of amides is 4. The van der Waals surface area contributed by atoms with Crippen molar-refractivity contribution >= 4 is 35.6 Å². The fraction of sp³-hybridized carbons (Fsp3) is 0.471. The number of imidazole rings is 1. The molecule has 0 bridgehead atoms. The Morgan fingerprint density at radius 1 is 1.06 bits per heavy atom. The molecule has 0 saturated heterocycles. The first-order valence-electron chi connectivity index (χ1n) is 9.32. The van der Waals surface area contributed by atoms with Gasteiger partial charge < -0.3 is 42.6 Å². The van der Waals surface area contributed by atoms with Crippen molar-refractivity contribution in [2.45, 2.75) is 43.8 Å². The highest BCUT2D eigenvalue weighted by atomic mass is 16.4. The fourth-order valence-electron chi connectivity index (χ4n) is 2.44. The summed E-state index contributed by atoms with van der Waals surface area (Å²) in [4.78, 5) is 75.8. The number of carbonyl (C=O) groups is 6. The number of aliphatic carboxylic acids is 2. The lowest BCUT2D eigenvalue weighted by Gasteiger charge is -2.20. The molecular weight excluding hydrogens is 430 g/mol. The van der Waals surface area contributed by atoms with E-state index in [1.54, 1.807) is 0 Å². The quantitative estimate of drug-likeness (QED) is 0.135. The van der Waals surface area contributed by atoms with Crippen molar-refractivity contribution in [2.24, 2.45) is 11.5 Å². The Labute approximate surface area is 181 Å². The van der Waals surface area contributed by atoms with Crippen molar-refractivity contribution in [3.63, 3.8) is 0 Å². The van der Waals surface area contributed by atoms with Crippen molar-refractivity contribution < 1.29 is 39.0 Å². The number of rotatable bonds is 14. The van der Waals surface area contributed by atoms with E-state index in [2.05, 4.69) is 20.6 Å². The first-order chi connectivity index (χ1) is 15.0. The van der Waals surface area contributed by atoms with E-state index < -0.39 is 66.7 Å². The number of carboxylic acid groups (broad SMARTS) is 2. The Hall–Kier alpha value is -4.01. The molecule has 1 aromatic heterocycles. The van der Waals surface area contributed by atoms with Crippen molar-refractivity contribution in [2.75, 3.05) is 6.54 Å². The van der Waals surface area contributed by atoms with Gasteiger partial charge in [-0.15, -0.1) is 0 Å². The molecule has 0 radical (unpaired) electrons. The van der Waals surface area contributed by atoms with Gasteiger partial charge in [-0.3, -0.25) is 24.0 Å². The molecule has 3 unspecified atom stereocenters. The van der Waals surface area contributed by atoms with Crippen LogP contribution in [0.25, 0.3) is 0 Å². The summed E-state index contributed by atoms with van der Waals surface area (Å²) in [7, 11) is 0. The highest BCUT2D eigenvalue weighted by Gasteiger charge is 2.26. The minimum Gasteiger partial charge on any atom is -0.481 e. The molecular formula is C17H25N7O8. The number of hydrogen-bond donors (Lipinski definition) is 8. The second-order valence-electron chi connectivity index (χ2n) is 6.73. The van der Waals surface area contributed by atoms with E-state index in [1.807, 2.05) is 5.32 Å². The molecule has 0 aliphatic rings. The predicted octanol–water partition coefficient (Wildman–Crippen LogP) is -3.81.